The maximum absolute atomic E-state index is 12.6. The minimum absolute atomic E-state index is 0.0271. The molecule has 2 heterocycles. The Hall–Kier alpha value is -3.39. The van der Waals surface area contributed by atoms with Gasteiger partial charge in [-0.2, -0.15) is 5.10 Å². The van der Waals surface area contributed by atoms with E-state index >= 15 is 0 Å². The van der Waals surface area contributed by atoms with Gasteiger partial charge in [-0.1, -0.05) is 23.7 Å². The Balaban J connectivity index is 1.43. The predicted octanol–water partition coefficient (Wildman–Crippen LogP) is 3.60. The van der Waals surface area contributed by atoms with Gasteiger partial charge in [0.25, 0.3) is 11.6 Å². The van der Waals surface area contributed by atoms with E-state index in [9.17, 15) is 14.9 Å². The number of fused-ring (bicyclic) bond motifs is 1. The van der Waals surface area contributed by atoms with Crippen LogP contribution in [0.5, 0.6) is 5.75 Å². The highest BCUT2D eigenvalue weighted by Gasteiger charge is 2.26. The smallest absolute Gasteiger partial charge is 0.269 e. The monoisotopic (exact) mass is 412 g/mol. The maximum atomic E-state index is 12.6. The molecule has 1 aliphatic heterocycles. The van der Waals surface area contributed by atoms with Crippen molar-refractivity contribution in [3.8, 4) is 17.0 Å². The maximum Gasteiger partial charge on any atom is 0.269 e. The summed E-state index contributed by atoms with van der Waals surface area (Å²) in [4.78, 5) is 24.6. The largest absolute Gasteiger partial charge is 0.484 e. The molecule has 9 heteroatoms. The Labute approximate surface area is 171 Å². The number of aromatic nitrogens is 2. The molecule has 2 aromatic carbocycles. The molecule has 0 atom stereocenters. The number of nitrogens with one attached hydrogen (secondary N) is 1. The van der Waals surface area contributed by atoms with Crippen LogP contribution >= 0.6 is 11.6 Å². The van der Waals surface area contributed by atoms with Gasteiger partial charge in [-0.05, 0) is 24.3 Å². The standard InChI is InChI=1S/C20H17ClN4O4/c21-14-3-1-2-13(10-14)20-17-11-24(9-8-18(17)22-23-20)19(26)12-29-16-6-4-15(5-7-16)25(27)28/h1-7,10H,8-9,11-12H2,(H,22,23). The number of nitro benzene ring substituents is 1. The Morgan fingerprint density at radius 1 is 1.28 bits per heavy atom. The van der Waals surface area contributed by atoms with Gasteiger partial charge in [-0.25, -0.2) is 0 Å². The zero-order valence-corrected chi connectivity index (χ0v) is 16.1. The van der Waals surface area contributed by atoms with Crippen LogP contribution in [0.3, 0.4) is 0 Å². The number of hydrogen-bond donors (Lipinski definition) is 1. The lowest BCUT2D eigenvalue weighted by Gasteiger charge is -2.27. The number of H-pyrrole nitrogens is 1. The zero-order valence-electron chi connectivity index (χ0n) is 15.3. The number of ether oxygens (including phenoxy) is 1. The van der Waals surface area contributed by atoms with Crippen molar-refractivity contribution >= 4 is 23.2 Å². The number of amides is 1. The van der Waals surface area contributed by atoms with E-state index in [2.05, 4.69) is 10.2 Å². The van der Waals surface area contributed by atoms with Crippen LogP contribution in [0.2, 0.25) is 5.02 Å². The van der Waals surface area contributed by atoms with Crippen molar-refractivity contribution in [2.24, 2.45) is 0 Å². The highest BCUT2D eigenvalue weighted by atomic mass is 35.5. The van der Waals surface area contributed by atoms with E-state index in [0.29, 0.717) is 30.3 Å². The number of non-ortho nitro benzene ring substituents is 1. The molecule has 8 nitrogen and oxygen atoms in total. The number of rotatable bonds is 5. The van der Waals surface area contributed by atoms with Crippen molar-refractivity contribution in [2.45, 2.75) is 13.0 Å². The van der Waals surface area contributed by atoms with Crippen molar-refractivity contribution in [3.63, 3.8) is 0 Å². The van der Waals surface area contributed by atoms with E-state index < -0.39 is 4.92 Å². The Bertz CT molecular complexity index is 1060. The third-order valence-corrected chi connectivity index (χ3v) is 5.03. The molecule has 148 valence electrons. The van der Waals surface area contributed by atoms with E-state index in [1.165, 1.54) is 24.3 Å². The number of benzene rings is 2. The van der Waals surface area contributed by atoms with Gasteiger partial charge in [0.2, 0.25) is 0 Å². The van der Waals surface area contributed by atoms with Crippen LogP contribution in [0.15, 0.2) is 48.5 Å². The van der Waals surface area contributed by atoms with Crippen LogP contribution in [0, 0.1) is 10.1 Å². The number of halogens is 1. The highest BCUT2D eigenvalue weighted by molar-refractivity contribution is 6.30. The summed E-state index contributed by atoms with van der Waals surface area (Å²) in [7, 11) is 0. The van der Waals surface area contributed by atoms with Gasteiger partial charge >= 0.3 is 0 Å². The molecule has 4 rings (SSSR count). The van der Waals surface area contributed by atoms with Crippen LogP contribution in [0.1, 0.15) is 11.3 Å². The van der Waals surface area contributed by atoms with Crippen LogP contribution in [-0.2, 0) is 17.8 Å². The quantitative estimate of drug-likeness (QED) is 0.509. The van der Waals surface area contributed by atoms with Crippen LogP contribution in [-0.4, -0.2) is 39.1 Å². The molecule has 1 amide bonds. The molecule has 0 spiro atoms. The zero-order chi connectivity index (χ0) is 20.4. The summed E-state index contributed by atoms with van der Waals surface area (Å²) in [5, 5.41) is 18.8. The van der Waals surface area contributed by atoms with Gasteiger partial charge < -0.3 is 9.64 Å². The van der Waals surface area contributed by atoms with Gasteiger partial charge in [0.15, 0.2) is 6.61 Å². The summed E-state index contributed by atoms with van der Waals surface area (Å²) in [5.74, 6) is 0.247. The summed E-state index contributed by atoms with van der Waals surface area (Å²) < 4.78 is 5.50. The Morgan fingerprint density at radius 2 is 2.07 bits per heavy atom. The fourth-order valence-corrected chi connectivity index (χ4v) is 3.47. The second-order valence-corrected chi connectivity index (χ2v) is 7.08. The van der Waals surface area contributed by atoms with E-state index in [4.69, 9.17) is 16.3 Å². The van der Waals surface area contributed by atoms with Gasteiger partial charge in [0.05, 0.1) is 10.6 Å². The topological polar surface area (TPSA) is 101 Å². The normalized spacial score (nSPS) is 13.1. The molecule has 29 heavy (non-hydrogen) atoms. The Kier molecular flexibility index (Phi) is 5.18. The minimum Gasteiger partial charge on any atom is -0.484 e. The summed E-state index contributed by atoms with van der Waals surface area (Å²) in [6, 6.07) is 13.1. The average Bonchev–Trinajstić information content (AvgIpc) is 3.15. The molecule has 0 radical (unpaired) electrons. The van der Waals surface area contributed by atoms with Crippen LogP contribution < -0.4 is 4.74 Å². The summed E-state index contributed by atoms with van der Waals surface area (Å²) in [6.45, 7) is 0.847. The second kappa shape index (κ2) is 7.92. The predicted molar refractivity (Wildman–Crippen MR) is 107 cm³/mol. The molecule has 0 fully saturated rings. The number of nitro groups is 1. The Morgan fingerprint density at radius 3 is 2.79 bits per heavy atom. The minimum atomic E-state index is -0.483. The third-order valence-electron chi connectivity index (χ3n) is 4.79. The lowest BCUT2D eigenvalue weighted by atomic mass is 10.0. The highest BCUT2D eigenvalue weighted by Crippen LogP contribution is 2.29. The molecule has 0 bridgehead atoms. The molecular formula is C20H17ClN4O4. The fourth-order valence-electron chi connectivity index (χ4n) is 3.28. The molecule has 0 unspecified atom stereocenters. The second-order valence-electron chi connectivity index (χ2n) is 6.64. The molecular weight excluding hydrogens is 396 g/mol. The number of aromatic amines is 1. The number of nitrogens with zero attached hydrogens (tertiary/aromatic N) is 3. The first kappa shape index (κ1) is 18.9. The molecule has 0 saturated carbocycles. The van der Waals surface area contributed by atoms with Crippen LogP contribution in [0.4, 0.5) is 5.69 Å². The van der Waals surface area contributed by atoms with E-state index in [-0.39, 0.29) is 18.2 Å². The van der Waals surface area contributed by atoms with Crippen LogP contribution in [0.25, 0.3) is 11.3 Å². The summed E-state index contributed by atoms with van der Waals surface area (Å²) in [6.07, 6.45) is 0.673. The van der Waals surface area contributed by atoms with Gasteiger partial charge in [0.1, 0.15) is 5.75 Å². The van der Waals surface area contributed by atoms with Crippen molar-refractivity contribution in [3.05, 3.63) is 74.9 Å². The SMILES string of the molecule is O=C(COc1ccc([N+](=O)[O-])cc1)N1CCc2[nH]nc(-c3cccc(Cl)c3)c2C1. The molecule has 3 aromatic rings. The summed E-state index contributed by atoms with van der Waals surface area (Å²) in [5.41, 5.74) is 3.64. The van der Waals surface area contributed by atoms with Crippen molar-refractivity contribution in [1.29, 1.82) is 0 Å². The molecule has 0 saturated heterocycles. The van der Waals surface area contributed by atoms with E-state index in [0.717, 1.165) is 22.5 Å². The van der Waals surface area contributed by atoms with E-state index in [1.54, 1.807) is 11.0 Å². The van der Waals surface area contributed by atoms with E-state index in [1.807, 2.05) is 18.2 Å². The van der Waals surface area contributed by atoms with Gasteiger partial charge in [-0.15, -0.1) is 0 Å². The lowest BCUT2D eigenvalue weighted by molar-refractivity contribution is -0.384. The number of carbonyl (C=O) groups is 1. The average molecular weight is 413 g/mol. The molecule has 1 aliphatic rings. The first-order chi connectivity index (χ1) is 14.0. The summed E-state index contributed by atoms with van der Waals surface area (Å²) >= 11 is 6.09. The van der Waals surface area contributed by atoms with Gasteiger partial charge in [0, 0.05) is 53.5 Å². The van der Waals surface area contributed by atoms with Crippen molar-refractivity contribution in [2.75, 3.05) is 13.2 Å². The van der Waals surface area contributed by atoms with Gasteiger partial charge in [-0.3, -0.25) is 20.0 Å². The molecule has 0 aliphatic carbocycles. The molecule has 1 aromatic heterocycles. The van der Waals surface area contributed by atoms with Crippen molar-refractivity contribution < 1.29 is 14.5 Å². The lowest BCUT2D eigenvalue weighted by Crippen LogP contribution is -2.38. The number of hydrogen-bond acceptors (Lipinski definition) is 5. The van der Waals surface area contributed by atoms with Crippen molar-refractivity contribution in [1.82, 2.24) is 15.1 Å². The molecule has 1 N–H and O–H groups in total. The number of carbonyl (C=O) groups excluding carboxylic acids is 1. The first-order valence-corrected chi connectivity index (χ1v) is 9.36. The fraction of sp³-hybridized carbons (Fsp3) is 0.200. The third kappa shape index (κ3) is 4.07. The first-order valence-electron chi connectivity index (χ1n) is 8.98.